The van der Waals surface area contributed by atoms with Crippen LogP contribution in [0.2, 0.25) is 0 Å². The van der Waals surface area contributed by atoms with Crippen LogP contribution in [-0.4, -0.2) is 24.0 Å². The summed E-state index contributed by atoms with van der Waals surface area (Å²) in [4.78, 5) is 18.5. The van der Waals surface area contributed by atoms with Crippen LogP contribution >= 0.6 is 0 Å². The molecule has 1 heterocycles. The molecule has 4 nitrogen and oxygen atoms in total. The highest BCUT2D eigenvalue weighted by atomic mass is 16.1. The van der Waals surface area contributed by atoms with Gasteiger partial charge in [-0.05, 0) is 25.5 Å². The molecule has 0 aliphatic heterocycles. The predicted octanol–water partition coefficient (Wildman–Crippen LogP) is 2.86. The van der Waals surface area contributed by atoms with Crippen LogP contribution in [0, 0.1) is 0 Å². The maximum absolute atomic E-state index is 12.2. The molecule has 0 bridgehead atoms. The van der Waals surface area contributed by atoms with E-state index in [2.05, 4.69) is 29.0 Å². The number of amides is 1. The Bertz CT molecular complexity index is 580. The quantitative estimate of drug-likeness (QED) is 0.886. The van der Waals surface area contributed by atoms with Crippen molar-refractivity contribution in [2.45, 2.75) is 20.4 Å². The van der Waals surface area contributed by atoms with Crippen LogP contribution < -0.4 is 10.2 Å². The third-order valence-corrected chi connectivity index (χ3v) is 3.41. The van der Waals surface area contributed by atoms with E-state index in [-0.39, 0.29) is 5.91 Å². The lowest BCUT2D eigenvalue weighted by molar-refractivity contribution is 0.0950. The first-order valence-electron chi connectivity index (χ1n) is 7.26. The average Bonchev–Trinajstić information content (AvgIpc) is 2.55. The number of pyridine rings is 1. The Balaban J connectivity index is 2.04. The fourth-order valence-corrected chi connectivity index (χ4v) is 2.19. The summed E-state index contributed by atoms with van der Waals surface area (Å²) >= 11 is 0. The monoisotopic (exact) mass is 283 g/mol. The summed E-state index contributed by atoms with van der Waals surface area (Å²) in [5.41, 5.74) is 2.65. The van der Waals surface area contributed by atoms with Crippen LogP contribution in [0.4, 0.5) is 5.69 Å². The molecule has 110 valence electrons. The van der Waals surface area contributed by atoms with Crippen molar-refractivity contribution in [3.63, 3.8) is 0 Å². The number of nitrogens with one attached hydrogen (secondary N) is 1. The number of benzene rings is 1. The molecule has 0 radical (unpaired) electrons. The van der Waals surface area contributed by atoms with Crippen LogP contribution in [0.5, 0.6) is 0 Å². The minimum Gasteiger partial charge on any atom is -0.371 e. The minimum absolute atomic E-state index is 0.0969. The Morgan fingerprint density at radius 2 is 1.86 bits per heavy atom. The summed E-state index contributed by atoms with van der Waals surface area (Å²) in [7, 11) is 0. The van der Waals surface area contributed by atoms with Gasteiger partial charge in [-0.15, -0.1) is 0 Å². The molecule has 0 spiro atoms. The first-order valence-corrected chi connectivity index (χ1v) is 7.26. The van der Waals surface area contributed by atoms with Crippen LogP contribution in [0.25, 0.3) is 0 Å². The van der Waals surface area contributed by atoms with Crippen molar-refractivity contribution in [1.29, 1.82) is 0 Å². The van der Waals surface area contributed by atoms with Gasteiger partial charge < -0.3 is 10.2 Å². The molecule has 21 heavy (non-hydrogen) atoms. The van der Waals surface area contributed by atoms with Gasteiger partial charge in [-0.3, -0.25) is 9.78 Å². The van der Waals surface area contributed by atoms with E-state index in [9.17, 15) is 4.79 Å². The second kappa shape index (κ2) is 7.43. The molecule has 4 heteroatoms. The maximum atomic E-state index is 12.2. The summed E-state index contributed by atoms with van der Waals surface area (Å²) in [6.07, 6.45) is 3.40. The highest BCUT2D eigenvalue weighted by molar-refractivity contribution is 5.94. The lowest BCUT2D eigenvalue weighted by Gasteiger charge is -2.20. The van der Waals surface area contributed by atoms with Gasteiger partial charge in [-0.1, -0.05) is 30.3 Å². The van der Waals surface area contributed by atoms with Crippen molar-refractivity contribution in [2.24, 2.45) is 0 Å². The number of carbonyl (C=O) groups is 1. The van der Waals surface area contributed by atoms with Gasteiger partial charge in [0, 0.05) is 25.8 Å². The topological polar surface area (TPSA) is 45.2 Å². The molecule has 1 amide bonds. The predicted molar refractivity (Wildman–Crippen MR) is 85.4 cm³/mol. The van der Waals surface area contributed by atoms with Gasteiger partial charge in [0.05, 0.1) is 17.4 Å². The van der Waals surface area contributed by atoms with Crippen LogP contribution in [0.15, 0.2) is 48.8 Å². The first-order chi connectivity index (χ1) is 10.2. The van der Waals surface area contributed by atoms with Crippen LogP contribution in [0.1, 0.15) is 29.8 Å². The molecule has 0 aliphatic carbocycles. The van der Waals surface area contributed by atoms with Crippen molar-refractivity contribution in [1.82, 2.24) is 10.3 Å². The van der Waals surface area contributed by atoms with E-state index in [1.54, 1.807) is 12.4 Å². The molecule has 0 aliphatic rings. The molecule has 2 aromatic rings. The number of anilines is 1. The second-order valence-electron chi connectivity index (χ2n) is 4.77. The van der Waals surface area contributed by atoms with Crippen molar-refractivity contribution in [3.8, 4) is 0 Å². The molecular formula is C17H21N3O. The van der Waals surface area contributed by atoms with Crippen molar-refractivity contribution >= 4 is 11.6 Å². The Kier molecular flexibility index (Phi) is 5.32. The summed E-state index contributed by atoms with van der Waals surface area (Å²) < 4.78 is 0. The van der Waals surface area contributed by atoms with Gasteiger partial charge in [0.2, 0.25) is 0 Å². The standard InChI is InChI=1S/C17H21N3O/c1-3-20(4-2)16-10-15(12-18-13-16)17(21)19-11-14-8-6-5-7-9-14/h5-10,12-13H,3-4,11H2,1-2H3,(H,19,21). The van der Waals surface area contributed by atoms with Gasteiger partial charge >= 0.3 is 0 Å². The molecular weight excluding hydrogens is 262 g/mol. The molecule has 0 fully saturated rings. The van der Waals surface area contributed by atoms with E-state index in [4.69, 9.17) is 0 Å². The molecule has 2 rings (SSSR count). The molecule has 1 N–H and O–H groups in total. The van der Waals surface area contributed by atoms with E-state index in [0.29, 0.717) is 12.1 Å². The van der Waals surface area contributed by atoms with Gasteiger partial charge in [0.1, 0.15) is 0 Å². The zero-order valence-corrected chi connectivity index (χ0v) is 12.5. The zero-order chi connectivity index (χ0) is 15.1. The molecule has 1 aromatic carbocycles. The highest BCUT2D eigenvalue weighted by Gasteiger charge is 2.09. The second-order valence-corrected chi connectivity index (χ2v) is 4.77. The lowest BCUT2D eigenvalue weighted by atomic mass is 10.2. The van der Waals surface area contributed by atoms with Crippen LogP contribution in [-0.2, 0) is 6.54 Å². The lowest BCUT2D eigenvalue weighted by Crippen LogP contribution is -2.25. The molecule has 0 atom stereocenters. The summed E-state index contributed by atoms with van der Waals surface area (Å²) in [6, 6.07) is 11.8. The van der Waals surface area contributed by atoms with E-state index in [1.807, 2.05) is 36.4 Å². The fourth-order valence-electron chi connectivity index (χ4n) is 2.19. The number of carbonyl (C=O) groups excluding carboxylic acids is 1. The molecule has 1 aromatic heterocycles. The summed E-state index contributed by atoms with van der Waals surface area (Å²) in [5.74, 6) is -0.0969. The Hall–Kier alpha value is -2.36. The third kappa shape index (κ3) is 4.05. The van der Waals surface area contributed by atoms with Gasteiger partial charge in [-0.25, -0.2) is 0 Å². The third-order valence-electron chi connectivity index (χ3n) is 3.41. The van der Waals surface area contributed by atoms with E-state index in [0.717, 1.165) is 24.3 Å². The van der Waals surface area contributed by atoms with Crippen molar-refractivity contribution < 1.29 is 4.79 Å². The van der Waals surface area contributed by atoms with Crippen molar-refractivity contribution in [3.05, 3.63) is 59.9 Å². The van der Waals surface area contributed by atoms with E-state index in [1.165, 1.54) is 0 Å². The zero-order valence-electron chi connectivity index (χ0n) is 12.5. The minimum atomic E-state index is -0.0969. The molecule has 0 unspecified atom stereocenters. The maximum Gasteiger partial charge on any atom is 0.253 e. The SMILES string of the molecule is CCN(CC)c1cncc(C(=O)NCc2ccccc2)c1. The average molecular weight is 283 g/mol. The van der Waals surface area contributed by atoms with Gasteiger partial charge in [0.15, 0.2) is 0 Å². The molecule has 0 saturated heterocycles. The molecule has 0 saturated carbocycles. The van der Waals surface area contributed by atoms with Crippen LogP contribution in [0.3, 0.4) is 0 Å². The first kappa shape index (κ1) is 15.0. The Labute approximate surface area is 125 Å². The van der Waals surface area contributed by atoms with Crippen molar-refractivity contribution in [2.75, 3.05) is 18.0 Å². The largest absolute Gasteiger partial charge is 0.371 e. The summed E-state index contributed by atoms with van der Waals surface area (Å²) in [6.45, 7) is 6.49. The van der Waals surface area contributed by atoms with Gasteiger partial charge in [-0.2, -0.15) is 0 Å². The van der Waals surface area contributed by atoms with E-state index >= 15 is 0 Å². The fraction of sp³-hybridized carbons (Fsp3) is 0.294. The normalized spacial score (nSPS) is 10.2. The Morgan fingerprint density at radius 1 is 1.14 bits per heavy atom. The Morgan fingerprint density at radius 3 is 2.52 bits per heavy atom. The number of aromatic nitrogens is 1. The highest BCUT2D eigenvalue weighted by Crippen LogP contribution is 2.14. The number of hydrogen-bond acceptors (Lipinski definition) is 3. The summed E-state index contributed by atoms with van der Waals surface area (Å²) in [5, 5.41) is 2.92. The van der Waals surface area contributed by atoms with E-state index < -0.39 is 0 Å². The van der Waals surface area contributed by atoms with Gasteiger partial charge in [0.25, 0.3) is 5.91 Å². The number of rotatable bonds is 6. The number of hydrogen-bond donors (Lipinski definition) is 1. The number of nitrogens with zero attached hydrogens (tertiary/aromatic N) is 2. The smallest absolute Gasteiger partial charge is 0.253 e.